The molecule has 0 aliphatic heterocycles. The van der Waals surface area contributed by atoms with Crippen molar-refractivity contribution < 1.29 is 28.6 Å². The number of furan rings is 1. The summed E-state index contributed by atoms with van der Waals surface area (Å²) in [5.74, 6) is -2.06. The van der Waals surface area contributed by atoms with E-state index in [0.717, 1.165) is 19.3 Å². The average molecular weight is 312 g/mol. The summed E-state index contributed by atoms with van der Waals surface area (Å²) < 4.78 is 9.64. The first-order valence-corrected chi connectivity index (χ1v) is 7.47. The van der Waals surface area contributed by atoms with Crippen LogP contribution in [0.4, 0.5) is 0 Å². The molecule has 1 unspecified atom stereocenters. The third-order valence-corrected chi connectivity index (χ3v) is 2.95. The van der Waals surface area contributed by atoms with Gasteiger partial charge in [0.2, 0.25) is 5.76 Å². The Morgan fingerprint density at radius 3 is 2.32 bits per heavy atom. The topological polar surface area (TPSA) is 93.8 Å². The number of carboxylic acid groups (broad SMARTS) is 1. The van der Waals surface area contributed by atoms with E-state index in [9.17, 15) is 14.4 Å². The average Bonchev–Trinajstić information content (AvgIpc) is 3.03. The SMILES string of the molecule is CCC(=O)O.CCCCC(CC)C(=O)OC(=O)c1ccco1. The van der Waals surface area contributed by atoms with Crippen LogP contribution in [0, 0.1) is 5.92 Å². The van der Waals surface area contributed by atoms with Crippen LogP contribution in [0.25, 0.3) is 0 Å². The predicted octanol–water partition coefficient (Wildman–Crippen LogP) is 3.66. The number of esters is 2. The van der Waals surface area contributed by atoms with Gasteiger partial charge in [-0.1, -0.05) is 33.6 Å². The third-order valence-electron chi connectivity index (χ3n) is 2.95. The van der Waals surface area contributed by atoms with Crippen LogP contribution in [-0.4, -0.2) is 23.0 Å². The van der Waals surface area contributed by atoms with Crippen molar-refractivity contribution >= 4 is 17.9 Å². The Morgan fingerprint density at radius 2 is 1.91 bits per heavy atom. The Kier molecular flexibility index (Phi) is 10.4. The highest BCUT2D eigenvalue weighted by Gasteiger charge is 2.22. The number of aliphatic carboxylic acids is 1. The van der Waals surface area contributed by atoms with E-state index in [1.807, 2.05) is 6.92 Å². The van der Waals surface area contributed by atoms with E-state index in [-0.39, 0.29) is 18.1 Å². The van der Waals surface area contributed by atoms with Gasteiger partial charge in [-0.2, -0.15) is 0 Å². The van der Waals surface area contributed by atoms with Gasteiger partial charge in [-0.15, -0.1) is 0 Å². The van der Waals surface area contributed by atoms with Crippen molar-refractivity contribution in [2.45, 2.75) is 52.9 Å². The predicted molar refractivity (Wildman–Crippen MR) is 80.4 cm³/mol. The molecule has 0 amide bonds. The highest BCUT2D eigenvalue weighted by Crippen LogP contribution is 2.15. The molecule has 0 saturated heterocycles. The standard InChI is InChI=1S/C13H18O4.C3H6O2/c1-3-5-7-10(4-2)12(14)17-13(15)11-8-6-9-16-11;1-2-3(4)5/h6,8-10H,3-5,7H2,1-2H3;2H2,1H3,(H,4,5). The summed E-state index contributed by atoms with van der Waals surface area (Å²) in [4.78, 5) is 32.5. The molecule has 6 nitrogen and oxygen atoms in total. The lowest BCUT2D eigenvalue weighted by molar-refractivity contribution is -0.143. The van der Waals surface area contributed by atoms with E-state index in [1.165, 1.54) is 12.3 Å². The van der Waals surface area contributed by atoms with Crippen LogP contribution in [0.2, 0.25) is 0 Å². The Hall–Kier alpha value is -2.11. The second-order valence-electron chi connectivity index (χ2n) is 4.68. The quantitative estimate of drug-likeness (QED) is 0.610. The van der Waals surface area contributed by atoms with Crippen molar-refractivity contribution in [3.05, 3.63) is 24.2 Å². The van der Waals surface area contributed by atoms with Gasteiger partial charge in [0.1, 0.15) is 0 Å². The molecule has 22 heavy (non-hydrogen) atoms. The number of unbranched alkanes of at least 4 members (excludes halogenated alkanes) is 1. The largest absolute Gasteiger partial charge is 0.481 e. The van der Waals surface area contributed by atoms with Gasteiger partial charge >= 0.3 is 17.9 Å². The lowest BCUT2D eigenvalue weighted by atomic mass is 10.00. The fourth-order valence-corrected chi connectivity index (χ4v) is 1.56. The zero-order chi connectivity index (χ0) is 17.0. The smallest absolute Gasteiger partial charge is 0.381 e. The molecule has 1 aromatic heterocycles. The maximum atomic E-state index is 11.7. The van der Waals surface area contributed by atoms with E-state index >= 15 is 0 Å². The van der Waals surface area contributed by atoms with E-state index in [0.29, 0.717) is 6.42 Å². The van der Waals surface area contributed by atoms with Gasteiger partial charge in [0, 0.05) is 6.42 Å². The first-order chi connectivity index (χ1) is 10.5. The van der Waals surface area contributed by atoms with Gasteiger partial charge in [0.05, 0.1) is 12.2 Å². The molecule has 0 aromatic carbocycles. The van der Waals surface area contributed by atoms with Crippen LogP contribution in [0.3, 0.4) is 0 Å². The van der Waals surface area contributed by atoms with Crippen LogP contribution in [0.1, 0.15) is 63.4 Å². The minimum Gasteiger partial charge on any atom is -0.481 e. The molecule has 1 N–H and O–H groups in total. The van der Waals surface area contributed by atoms with Crippen molar-refractivity contribution in [1.29, 1.82) is 0 Å². The molecule has 0 bridgehead atoms. The monoisotopic (exact) mass is 312 g/mol. The van der Waals surface area contributed by atoms with E-state index in [4.69, 9.17) is 14.3 Å². The summed E-state index contributed by atoms with van der Waals surface area (Å²) in [6.07, 6.45) is 5.02. The minimum atomic E-state index is -0.745. The maximum Gasteiger partial charge on any atom is 0.381 e. The third kappa shape index (κ3) is 8.24. The van der Waals surface area contributed by atoms with Crippen LogP contribution >= 0.6 is 0 Å². The molecule has 0 aliphatic carbocycles. The van der Waals surface area contributed by atoms with E-state index in [2.05, 4.69) is 6.92 Å². The first kappa shape index (κ1) is 19.9. The number of ether oxygens (including phenoxy) is 1. The number of hydrogen-bond donors (Lipinski definition) is 1. The summed E-state index contributed by atoms with van der Waals surface area (Å²) in [5, 5.41) is 7.72. The highest BCUT2D eigenvalue weighted by molar-refractivity contribution is 5.95. The van der Waals surface area contributed by atoms with Gasteiger partial charge in [-0.3, -0.25) is 9.59 Å². The molecule has 0 spiro atoms. The Morgan fingerprint density at radius 1 is 1.27 bits per heavy atom. The fraction of sp³-hybridized carbons (Fsp3) is 0.562. The lowest BCUT2D eigenvalue weighted by Crippen LogP contribution is -2.20. The first-order valence-electron chi connectivity index (χ1n) is 7.47. The van der Waals surface area contributed by atoms with Crippen LogP contribution < -0.4 is 0 Å². The van der Waals surface area contributed by atoms with E-state index < -0.39 is 17.9 Å². The maximum absolute atomic E-state index is 11.7. The Balaban J connectivity index is 0.000000763. The normalized spacial score (nSPS) is 11.0. The van der Waals surface area contributed by atoms with E-state index in [1.54, 1.807) is 13.0 Å². The van der Waals surface area contributed by atoms with Crippen molar-refractivity contribution in [1.82, 2.24) is 0 Å². The van der Waals surface area contributed by atoms with Crippen molar-refractivity contribution in [2.75, 3.05) is 0 Å². The molecule has 0 radical (unpaired) electrons. The minimum absolute atomic E-state index is 0.0590. The van der Waals surface area contributed by atoms with Crippen molar-refractivity contribution in [3.8, 4) is 0 Å². The van der Waals surface area contributed by atoms with Gasteiger partial charge in [-0.05, 0) is 25.0 Å². The van der Waals surface area contributed by atoms with Crippen LogP contribution in [0.5, 0.6) is 0 Å². The van der Waals surface area contributed by atoms with Gasteiger partial charge in [0.15, 0.2) is 0 Å². The number of carboxylic acids is 1. The van der Waals surface area contributed by atoms with Crippen LogP contribution in [0.15, 0.2) is 22.8 Å². The van der Waals surface area contributed by atoms with Crippen LogP contribution in [-0.2, 0) is 14.3 Å². The summed E-state index contributed by atoms with van der Waals surface area (Å²) >= 11 is 0. The molecule has 0 aliphatic rings. The highest BCUT2D eigenvalue weighted by atomic mass is 16.6. The molecule has 124 valence electrons. The van der Waals surface area contributed by atoms with Crippen molar-refractivity contribution in [3.63, 3.8) is 0 Å². The van der Waals surface area contributed by atoms with Crippen molar-refractivity contribution in [2.24, 2.45) is 5.92 Å². The Labute approximate surface area is 130 Å². The summed E-state index contributed by atoms with van der Waals surface area (Å²) in [7, 11) is 0. The second kappa shape index (κ2) is 11.5. The van der Waals surface area contributed by atoms with Gasteiger partial charge in [-0.25, -0.2) is 4.79 Å². The number of hydrogen-bond acceptors (Lipinski definition) is 5. The van der Waals surface area contributed by atoms with Gasteiger partial charge in [0.25, 0.3) is 0 Å². The summed E-state index contributed by atoms with van der Waals surface area (Å²) in [6, 6.07) is 3.05. The second-order valence-corrected chi connectivity index (χ2v) is 4.68. The molecule has 0 fully saturated rings. The molecule has 1 rings (SSSR count). The molecule has 6 heteroatoms. The number of rotatable bonds is 7. The molecular formula is C16H24O6. The van der Waals surface area contributed by atoms with Gasteiger partial charge < -0.3 is 14.3 Å². The molecule has 0 saturated carbocycles. The zero-order valence-corrected chi connectivity index (χ0v) is 13.3. The number of carbonyl (C=O) groups is 3. The molecular weight excluding hydrogens is 288 g/mol. The lowest BCUT2D eigenvalue weighted by Gasteiger charge is -2.11. The Bertz CT molecular complexity index is 449. The molecule has 1 aromatic rings. The fourth-order valence-electron chi connectivity index (χ4n) is 1.56. The molecule has 1 atom stereocenters. The summed E-state index contributed by atoms with van der Waals surface area (Å²) in [5.41, 5.74) is 0. The summed E-state index contributed by atoms with van der Waals surface area (Å²) in [6.45, 7) is 5.58. The zero-order valence-electron chi connectivity index (χ0n) is 13.3. The number of carbonyl (C=O) groups excluding carboxylic acids is 2. The molecule has 1 heterocycles.